The Morgan fingerprint density at radius 1 is 1.30 bits per heavy atom. The van der Waals surface area contributed by atoms with Crippen LogP contribution in [-0.2, 0) is 6.42 Å². The molecule has 0 spiro atoms. The molecule has 1 saturated carbocycles. The summed E-state index contributed by atoms with van der Waals surface area (Å²) >= 11 is 0. The van der Waals surface area contributed by atoms with Crippen molar-refractivity contribution < 1.29 is 0 Å². The van der Waals surface area contributed by atoms with E-state index in [1.165, 1.54) is 12.8 Å². The number of pyridine rings is 1. The van der Waals surface area contributed by atoms with Gasteiger partial charge in [0.1, 0.15) is 11.5 Å². The summed E-state index contributed by atoms with van der Waals surface area (Å²) in [4.78, 5) is 21.7. The predicted octanol–water partition coefficient (Wildman–Crippen LogP) is 3.09. The van der Waals surface area contributed by atoms with Gasteiger partial charge in [0.05, 0.1) is 0 Å². The van der Waals surface area contributed by atoms with Crippen molar-refractivity contribution in [3.63, 3.8) is 0 Å². The standard InChI is InChI=1S/C16H21N3O/c1-4-13-10(2)14-9-17-11(3)18-15(14)19(16(13)20)12-7-5-6-8-12/h9,12H,4-8H2,1-3H3. The van der Waals surface area contributed by atoms with Crippen molar-refractivity contribution in [1.29, 1.82) is 0 Å². The molecule has 0 bridgehead atoms. The number of hydrogen-bond donors (Lipinski definition) is 0. The highest BCUT2D eigenvalue weighted by Gasteiger charge is 2.23. The summed E-state index contributed by atoms with van der Waals surface area (Å²) in [6, 6.07) is 0.310. The third kappa shape index (κ3) is 1.94. The van der Waals surface area contributed by atoms with E-state index in [9.17, 15) is 4.79 Å². The van der Waals surface area contributed by atoms with Crippen molar-refractivity contribution in [3.8, 4) is 0 Å². The molecule has 2 heterocycles. The first-order valence-electron chi connectivity index (χ1n) is 7.50. The Hall–Kier alpha value is -1.71. The highest BCUT2D eigenvalue weighted by Crippen LogP contribution is 2.31. The Bertz CT molecular complexity index is 712. The highest BCUT2D eigenvalue weighted by molar-refractivity contribution is 5.79. The maximum atomic E-state index is 12.8. The van der Waals surface area contributed by atoms with Gasteiger partial charge in [-0.15, -0.1) is 0 Å². The van der Waals surface area contributed by atoms with Gasteiger partial charge in [-0.05, 0) is 38.7 Å². The molecule has 4 heteroatoms. The van der Waals surface area contributed by atoms with Crippen LogP contribution < -0.4 is 5.56 Å². The lowest BCUT2D eigenvalue weighted by Gasteiger charge is -2.19. The summed E-state index contributed by atoms with van der Waals surface area (Å²) in [6.07, 6.45) is 7.23. The summed E-state index contributed by atoms with van der Waals surface area (Å²) in [5, 5.41) is 1.03. The van der Waals surface area contributed by atoms with Gasteiger partial charge in [-0.1, -0.05) is 19.8 Å². The van der Waals surface area contributed by atoms with Gasteiger partial charge in [-0.3, -0.25) is 9.36 Å². The fourth-order valence-corrected chi connectivity index (χ4v) is 3.39. The molecule has 0 saturated heterocycles. The number of fused-ring (bicyclic) bond motifs is 1. The quantitative estimate of drug-likeness (QED) is 0.843. The average molecular weight is 271 g/mol. The van der Waals surface area contributed by atoms with Crippen LogP contribution in [0.15, 0.2) is 11.0 Å². The van der Waals surface area contributed by atoms with E-state index in [4.69, 9.17) is 0 Å². The summed E-state index contributed by atoms with van der Waals surface area (Å²) in [6.45, 7) is 5.94. The van der Waals surface area contributed by atoms with Crippen LogP contribution in [0.5, 0.6) is 0 Å². The normalized spacial score (nSPS) is 16.1. The molecule has 1 aliphatic rings. The van der Waals surface area contributed by atoms with E-state index in [2.05, 4.69) is 9.97 Å². The summed E-state index contributed by atoms with van der Waals surface area (Å²) in [5.74, 6) is 0.729. The van der Waals surface area contributed by atoms with Crippen molar-refractivity contribution in [2.45, 2.75) is 58.9 Å². The molecule has 2 aromatic heterocycles. The van der Waals surface area contributed by atoms with E-state index in [-0.39, 0.29) is 5.56 Å². The fraction of sp³-hybridized carbons (Fsp3) is 0.562. The van der Waals surface area contributed by atoms with Crippen molar-refractivity contribution in [2.24, 2.45) is 0 Å². The zero-order valence-corrected chi connectivity index (χ0v) is 12.4. The molecule has 2 aromatic rings. The lowest BCUT2D eigenvalue weighted by atomic mass is 10.0. The molecule has 1 fully saturated rings. The maximum absolute atomic E-state index is 12.8. The van der Waals surface area contributed by atoms with Crippen LogP contribution in [0.4, 0.5) is 0 Å². The van der Waals surface area contributed by atoms with Gasteiger partial charge in [0.25, 0.3) is 5.56 Å². The van der Waals surface area contributed by atoms with Crippen molar-refractivity contribution >= 4 is 11.0 Å². The molecule has 3 rings (SSSR count). The van der Waals surface area contributed by atoms with Crippen molar-refractivity contribution in [1.82, 2.24) is 14.5 Å². The van der Waals surface area contributed by atoms with Gasteiger partial charge in [0, 0.05) is 23.2 Å². The van der Waals surface area contributed by atoms with Crippen LogP contribution in [-0.4, -0.2) is 14.5 Å². The highest BCUT2D eigenvalue weighted by atomic mass is 16.1. The third-order valence-electron chi connectivity index (χ3n) is 4.49. The van der Waals surface area contributed by atoms with Gasteiger partial charge in [0.15, 0.2) is 0 Å². The van der Waals surface area contributed by atoms with Gasteiger partial charge >= 0.3 is 0 Å². The molecule has 0 amide bonds. The SMILES string of the molecule is CCc1c(C)c2cnc(C)nc2n(C2CCCC2)c1=O. The second kappa shape index (κ2) is 5.00. The van der Waals surface area contributed by atoms with Crippen LogP contribution in [0.1, 0.15) is 55.6 Å². The monoisotopic (exact) mass is 271 g/mol. The smallest absolute Gasteiger partial charge is 0.255 e. The largest absolute Gasteiger partial charge is 0.289 e. The molecule has 0 aliphatic heterocycles. The Balaban J connectivity index is 2.40. The van der Waals surface area contributed by atoms with Gasteiger partial charge in [-0.2, -0.15) is 0 Å². The first kappa shape index (κ1) is 13.3. The van der Waals surface area contributed by atoms with Crippen LogP contribution in [0.2, 0.25) is 0 Å². The molecule has 106 valence electrons. The number of rotatable bonds is 2. The minimum atomic E-state index is 0.155. The molecule has 1 aliphatic carbocycles. The van der Waals surface area contributed by atoms with E-state index in [1.807, 2.05) is 31.5 Å². The number of aryl methyl sites for hydroxylation is 2. The van der Waals surface area contributed by atoms with E-state index in [1.54, 1.807) is 0 Å². The molecular weight excluding hydrogens is 250 g/mol. The molecule has 0 N–H and O–H groups in total. The van der Waals surface area contributed by atoms with Crippen molar-refractivity contribution in [2.75, 3.05) is 0 Å². The average Bonchev–Trinajstić information content (AvgIpc) is 2.93. The van der Waals surface area contributed by atoms with Crippen LogP contribution in [0, 0.1) is 13.8 Å². The molecule has 20 heavy (non-hydrogen) atoms. The maximum Gasteiger partial charge on any atom is 0.255 e. The first-order valence-corrected chi connectivity index (χ1v) is 7.50. The van der Waals surface area contributed by atoms with Gasteiger partial charge < -0.3 is 0 Å². The van der Waals surface area contributed by atoms with E-state index < -0.39 is 0 Å². The number of aromatic nitrogens is 3. The molecule has 4 nitrogen and oxygen atoms in total. The molecular formula is C16H21N3O. The minimum Gasteiger partial charge on any atom is -0.289 e. The molecule has 0 unspecified atom stereocenters. The Kier molecular flexibility index (Phi) is 3.32. The Labute approximate surface area is 118 Å². The van der Waals surface area contributed by atoms with E-state index >= 15 is 0 Å². The summed E-state index contributed by atoms with van der Waals surface area (Å²) in [7, 11) is 0. The van der Waals surface area contributed by atoms with Crippen LogP contribution >= 0.6 is 0 Å². The van der Waals surface area contributed by atoms with Crippen LogP contribution in [0.3, 0.4) is 0 Å². The van der Waals surface area contributed by atoms with Gasteiger partial charge in [-0.25, -0.2) is 9.97 Å². The Morgan fingerprint density at radius 3 is 2.65 bits per heavy atom. The van der Waals surface area contributed by atoms with Crippen molar-refractivity contribution in [3.05, 3.63) is 33.5 Å². The Morgan fingerprint density at radius 2 is 2.00 bits per heavy atom. The molecule has 0 aromatic carbocycles. The lowest BCUT2D eigenvalue weighted by Crippen LogP contribution is -2.28. The lowest BCUT2D eigenvalue weighted by molar-refractivity contribution is 0.512. The fourth-order valence-electron chi connectivity index (χ4n) is 3.39. The molecule has 0 atom stereocenters. The second-order valence-corrected chi connectivity index (χ2v) is 5.73. The van der Waals surface area contributed by atoms with Gasteiger partial charge in [0.2, 0.25) is 0 Å². The van der Waals surface area contributed by atoms with E-state index in [0.717, 1.165) is 47.2 Å². The summed E-state index contributed by atoms with van der Waals surface area (Å²) in [5.41, 5.74) is 2.94. The zero-order valence-electron chi connectivity index (χ0n) is 12.4. The first-order chi connectivity index (χ1) is 9.63. The minimum absolute atomic E-state index is 0.155. The zero-order chi connectivity index (χ0) is 14.3. The number of hydrogen-bond acceptors (Lipinski definition) is 3. The molecule has 0 radical (unpaired) electrons. The number of nitrogens with zero attached hydrogens (tertiary/aromatic N) is 3. The topological polar surface area (TPSA) is 47.8 Å². The predicted molar refractivity (Wildman–Crippen MR) is 80.2 cm³/mol. The third-order valence-corrected chi connectivity index (χ3v) is 4.49. The second-order valence-electron chi connectivity index (χ2n) is 5.73. The van der Waals surface area contributed by atoms with E-state index in [0.29, 0.717) is 6.04 Å². The van der Waals surface area contributed by atoms with Crippen LogP contribution in [0.25, 0.3) is 11.0 Å². The summed E-state index contributed by atoms with van der Waals surface area (Å²) < 4.78 is 1.95.